The molecule has 0 saturated heterocycles. The van der Waals surface area contributed by atoms with Crippen LogP contribution in [0.1, 0.15) is 16.7 Å². The van der Waals surface area contributed by atoms with E-state index in [0.29, 0.717) is 36.9 Å². The summed E-state index contributed by atoms with van der Waals surface area (Å²) in [6, 6.07) is 6.97. The van der Waals surface area contributed by atoms with Crippen molar-refractivity contribution in [1.29, 1.82) is 0 Å². The van der Waals surface area contributed by atoms with Crippen molar-refractivity contribution in [3.8, 4) is 23.0 Å². The topological polar surface area (TPSA) is 78.1 Å². The number of hydrogen-bond donors (Lipinski definition) is 2. The number of ether oxygens (including phenoxy) is 4. The lowest BCUT2D eigenvalue weighted by molar-refractivity contribution is 0.251. The summed E-state index contributed by atoms with van der Waals surface area (Å²) in [4.78, 5) is 12.5. The Morgan fingerprint density at radius 2 is 1.96 bits per heavy atom. The van der Waals surface area contributed by atoms with E-state index in [9.17, 15) is 4.79 Å². The highest BCUT2D eigenvalue weighted by Crippen LogP contribution is 2.40. The van der Waals surface area contributed by atoms with Gasteiger partial charge in [0.2, 0.25) is 0 Å². The molecule has 2 N–H and O–H groups in total. The third-order valence-corrected chi connectivity index (χ3v) is 4.84. The number of amides is 2. The molecule has 0 atom stereocenters. The summed E-state index contributed by atoms with van der Waals surface area (Å²) < 4.78 is 22.0. The molecule has 0 saturated carbocycles. The van der Waals surface area contributed by atoms with Gasteiger partial charge in [0, 0.05) is 42.1 Å². The lowest BCUT2D eigenvalue weighted by Crippen LogP contribution is -2.29. The maximum Gasteiger partial charge on any atom is 0.319 e. The Morgan fingerprint density at radius 3 is 2.78 bits per heavy atom. The second kappa shape index (κ2) is 7.26. The summed E-state index contributed by atoms with van der Waals surface area (Å²) in [5, 5.41) is 5.73. The zero-order valence-corrected chi connectivity index (χ0v) is 15.4. The molecule has 0 spiro atoms. The summed E-state index contributed by atoms with van der Waals surface area (Å²) in [5.41, 5.74) is 3.81. The first-order valence-corrected chi connectivity index (χ1v) is 8.89. The molecule has 7 nitrogen and oxygen atoms in total. The number of rotatable bonds is 5. The average molecular weight is 370 g/mol. The van der Waals surface area contributed by atoms with E-state index < -0.39 is 0 Å². The predicted molar refractivity (Wildman–Crippen MR) is 100 cm³/mol. The van der Waals surface area contributed by atoms with E-state index in [1.165, 1.54) is 0 Å². The zero-order valence-electron chi connectivity index (χ0n) is 15.4. The molecule has 27 heavy (non-hydrogen) atoms. The van der Waals surface area contributed by atoms with Crippen LogP contribution in [0.2, 0.25) is 0 Å². The molecule has 2 amide bonds. The Morgan fingerprint density at radius 1 is 1.11 bits per heavy atom. The van der Waals surface area contributed by atoms with Crippen LogP contribution >= 0.6 is 0 Å². The van der Waals surface area contributed by atoms with Gasteiger partial charge in [0.15, 0.2) is 0 Å². The van der Waals surface area contributed by atoms with Crippen LogP contribution in [0.25, 0.3) is 0 Å². The van der Waals surface area contributed by atoms with E-state index in [-0.39, 0.29) is 6.03 Å². The van der Waals surface area contributed by atoms with E-state index in [4.69, 9.17) is 18.9 Å². The molecule has 2 aromatic carbocycles. The minimum absolute atomic E-state index is 0.329. The zero-order chi connectivity index (χ0) is 18.8. The predicted octanol–water partition coefficient (Wildman–Crippen LogP) is 2.90. The van der Waals surface area contributed by atoms with Crippen LogP contribution in [0.4, 0.5) is 10.5 Å². The molecular weight excluding hydrogens is 348 g/mol. The fraction of sp³-hybridized carbons (Fsp3) is 0.350. The quantitative estimate of drug-likeness (QED) is 0.846. The van der Waals surface area contributed by atoms with E-state index in [0.717, 1.165) is 41.0 Å². The highest BCUT2D eigenvalue weighted by atomic mass is 16.5. The summed E-state index contributed by atoms with van der Waals surface area (Å²) in [6.45, 7) is 1.70. The minimum atomic E-state index is -0.329. The van der Waals surface area contributed by atoms with Gasteiger partial charge in [-0.1, -0.05) is 0 Å². The number of fused-ring (bicyclic) bond motifs is 2. The van der Waals surface area contributed by atoms with Crippen molar-refractivity contribution in [3.63, 3.8) is 0 Å². The van der Waals surface area contributed by atoms with E-state index >= 15 is 0 Å². The van der Waals surface area contributed by atoms with Crippen LogP contribution in [0, 0.1) is 0 Å². The molecule has 2 heterocycles. The molecule has 2 aliphatic rings. The molecule has 0 fully saturated rings. The largest absolute Gasteiger partial charge is 0.497 e. The SMILES string of the molecule is COc1ccc(OC)c(NC(=O)NCc2c3c(cc4c2OCC4)OCC3)c1. The molecule has 142 valence electrons. The van der Waals surface area contributed by atoms with Gasteiger partial charge in [-0.2, -0.15) is 0 Å². The number of carbonyl (C=O) groups is 1. The first kappa shape index (κ1) is 17.3. The van der Waals surface area contributed by atoms with Crippen LogP contribution in [-0.2, 0) is 19.4 Å². The van der Waals surface area contributed by atoms with Gasteiger partial charge in [-0.3, -0.25) is 0 Å². The lowest BCUT2D eigenvalue weighted by Gasteiger charge is -2.15. The second-order valence-electron chi connectivity index (χ2n) is 6.39. The molecule has 0 aromatic heterocycles. The standard InChI is InChI=1S/C20H22N2O5/c1-24-13-3-4-17(25-2)16(10-13)22-20(23)21-11-15-14-6-8-26-18(14)9-12-5-7-27-19(12)15/h3-4,9-10H,5-8,11H2,1-2H3,(H2,21,22,23). The lowest BCUT2D eigenvalue weighted by atomic mass is 9.99. The van der Waals surface area contributed by atoms with Crippen LogP contribution in [0.5, 0.6) is 23.0 Å². The summed E-state index contributed by atoms with van der Waals surface area (Å²) in [6.07, 6.45) is 1.69. The number of nitrogens with one attached hydrogen (secondary N) is 2. The number of carbonyl (C=O) groups excluding carboxylic acids is 1. The van der Waals surface area contributed by atoms with Crippen molar-refractivity contribution in [2.75, 3.05) is 32.8 Å². The smallest absolute Gasteiger partial charge is 0.319 e. The average Bonchev–Trinajstić information content (AvgIpc) is 3.34. The van der Waals surface area contributed by atoms with E-state index in [1.54, 1.807) is 32.4 Å². The monoisotopic (exact) mass is 370 g/mol. The molecule has 0 radical (unpaired) electrons. The second-order valence-corrected chi connectivity index (χ2v) is 6.39. The maximum absolute atomic E-state index is 12.5. The molecular formula is C20H22N2O5. The van der Waals surface area contributed by atoms with Gasteiger partial charge in [-0.05, 0) is 18.2 Å². The highest BCUT2D eigenvalue weighted by Gasteiger charge is 2.26. The van der Waals surface area contributed by atoms with Crippen LogP contribution in [-0.4, -0.2) is 33.5 Å². The Bertz CT molecular complexity index is 849. The minimum Gasteiger partial charge on any atom is -0.497 e. The Hall–Kier alpha value is -3.09. The number of hydrogen-bond acceptors (Lipinski definition) is 5. The highest BCUT2D eigenvalue weighted by molar-refractivity contribution is 5.91. The van der Waals surface area contributed by atoms with Gasteiger partial charge in [-0.15, -0.1) is 0 Å². The Labute approximate surface area is 157 Å². The molecule has 0 bridgehead atoms. The molecule has 7 heteroatoms. The first-order chi connectivity index (χ1) is 13.2. The summed E-state index contributed by atoms with van der Waals surface area (Å²) >= 11 is 0. The van der Waals surface area contributed by atoms with Crippen LogP contribution in [0.3, 0.4) is 0 Å². The normalized spacial score (nSPS) is 13.9. The summed E-state index contributed by atoms with van der Waals surface area (Å²) in [5.74, 6) is 2.99. The van der Waals surface area contributed by atoms with Gasteiger partial charge in [0.1, 0.15) is 23.0 Å². The third-order valence-electron chi connectivity index (χ3n) is 4.84. The molecule has 0 aliphatic carbocycles. The molecule has 2 aliphatic heterocycles. The Kier molecular flexibility index (Phi) is 4.66. The van der Waals surface area contributed by atoms with Crippen molar-refractivity contribution < 1.29 is 23.7 Å². The Balaban J connectivity index is 1.50. The number of anilines is 1. The van der Waals surface area contributed by atoms with Crippen molar-refractivity contribution in [2.24, 2.45) is 0 Å². The van der Waals surface area contributed by atoms with E-state index in [2.05, 4.69) is 16.7 Å². The van der Waals surface area contributed by atoms with Crippen molar-refractivity contribution in [2.45, 2.75) is 19.4 Å². The third kappa shape index (κ3) is 3.32. The van der Waals surface area contributed by atoms with Gasteiger partial charge in [0.25, 0.3) is 0 Å². The number of urea groups is 1. The fourth-order valence-corrected chi connectivity index (χ4v) is 3.52. The summed E-state index contributed by atoms with van der Waals surface area (Å²) in [7, 11) is 3.13. The van der Waals surface area contributed by atoms with Gasteiger partial charge in [-0.25, -0.2) is 4.79 Å². The molecule has 2 aromatic rings. The van der Waals surface area contributed by atoms with Gasteiger partial charge in [0.05, 0.1) is 33.1 Å². The van der Waals surface area contributed by atoms with Gasteiger partial charge < -0.3 is 29.6 Å². The van der Waals surface area contributed by atoms with Crippen LogP contribution in [0.15, 0.2) is 24.3 Å². The van der Waals surface area contributed by atoms with Crippen molar-refractivity contribution in [1.82, 2.24) is 5.32 Å². The van der Waals surface area contributed by atoms with E-state index in [1.807, 2.05) is 0 Å². The maximum atomic E-state index is 12.5. The number of benzene rings is 2. The molecule has 0 unspecified atom stereocenters. The van der Waals surface area contributed by atoms with Crippen LogP contribution < -0.4 is 29.6 Å². The number of methoxy groups -OCH3 is 2. The molecule has 4 rings (SSSR count). The first-order valence-electron chi connectivity index (χ1n) is 8.89. The fourth-order valence-electron chi connectivity index (χ4n) is 3.52. The van der Waals surface area contributed by atoms with Gasteiger partial charge >= 0.3 is 6.03 Å². The van der Waals surface area contributed by atoms with Crippen molar-refractivity contribution in [3.05, 3.63) is 41.0 Å². The van der Waals surface area contributed by atoms with Crippen molar-refractivity contribution >= 4 is 11.7 Å².